The molecule has 0 bridgehead atoms. The molecule has 16 aromatic rings. The average Bonchev–Trinajstić information content (AvgIpc) is 1.84. The Bertz CT molecular complexity index is 5100. The van der Waals surface area contributed by atoms with Crippen LogP contribution in [0.2, 0.25) is 0 Å². The fourth-order valence-corrected chi connectivity index (χ4v) is 15.1. The highest BCUT2D eigenvalue weighted by Crippen LogP contribution is 2.53. The standard InChI is InChI=1S/C38H25N3S.C20H14N2.C18H12BrNS/c1-2-11-26(12-3-1)41-33-16-5-4-15-29(33)30-21-22-32-31(38(30)41)23-24-39(32)27-13-10-14-28(25-27)40-34-17-6-8-19-36(34)42-37-20-9-7-18-35(37)40;1-2-6-14(7-3-1)22-19-9-5-4-8-15(19)16-10-11-18-17(20(16)22)12-13-21-18;19-13-6-5-7-14(12-13)20-15-8-1-3-10-17(15)21-18-11-4-2-9-16(18)20/h1-25H;1-13,21H;1-12H. The number of halogens is 1. The number of benzene rings is 12. The highest BCUT2D eigenvalue weighted by Gasteiger charge is 2.27. The molecule has 6 heterocycles. The van der Waals surface area contributed by atoms with Crippen molar-refractivity contribution >= 4 is 139 Å². The number of anilines is 6. The van der Waals surface area contributed by atoms with Gasteiger partial charge >= 0.3 is 0 Å². The van der Waals surface area contributed by atoms with Crippen molar-refractivity contribution in [2.45, 2.75) is 19.6 Å². The Morgan fingerprint density at radius 3 is 1.27 bits per heavy atom. The van der Waals surface area contributed by atoms with Gasteiger partial charge in [0.15, 0.2) is 0 Å². The second kappa shape index (κ2) is 21.4. The van der Waals surface area contributed by atoms with Gasteiger partial charge in [-0.2, -0.15) is 0 Å². The molecule has 0 fully saturated rings. The molecule has 12 aromatic carbocycles. The molecule has 6 nitrogen and oxygen atoms in total. The second-order valence-electron chi connectivity index (χ2n) is 21.1. The fourth-order valence-electron chi connectivity index (χ4n) is 12.5. The van der Waals surface area contributed by atoms with Crippen LogP contribution in [0.15, 0.2) is 328 Å². The van der Waals surface area contributed by atoms with Crippen molar-refractivity contribution < 1.29 is 0 Å². The molecule has 404 valence electrons. The molecule has 2 aliphatic rings. The maximum atomic E-state index is 3.58. The number of hydrogen-bond acceptors (Lipinski definition) is 4. The molecule has 9 heteroatoms. The van der Waals surface area contributed by atoms with Crippen molar-refractivity contribution in [2.24, 2.45) is 0 Å². The van der Waals surface area contributed by atoms with Crippen LogP contribution >= 0.6 is 39.5 Å². The first kappa shape index (κ1) is 50.8. The molecule has 0 atom stereocenters. The lowest BCUT2D eigenvalue weighted by Crippen LogP contribution is -2.14. The Labute approximate surface area is 508 Å². The molecule has 4 aromatic heterocycles. The van der Waals surface area contributed by atoms with Crippen LogP contribution in [-0.2, 0) is 0 Å². The number of H-pyrrole nitrogens is 1. The molecule has 1 N–H and O–H groups in total. The summed E-state index contributed by atoms with van der Waals surface area (Å²) in [6, 6.07) is 104. The molecular formula is C76H51BrN6S2. The number of aromatic amines is 1. The summed E-state index contributed by atoms with van der Waals surface area (Å²) in [7, 11) is 0. The van der Waals surface area contributed by atoms with Gasteiger partial charge in [-0.25, -0.2) is 0 Å². The molecule has 0 saturated carbocycles. The highest BCUT2D eigenvalue weighted by molar-refractivity contribution is 9.10. The van der Waals surface area contributed by atoms with Gasteiger partial charge in [-0.1, -0.05) is 185 Å². The van der Waals surface area contributed by atoms with E-state index in [4.69, 9.17) is 0 Å². The maximum Gasteiger partial charge on any atom is 0.0635 e. The normalized spacial score (nSPS) is 12.4. The minimum atomic E-state index is 1.09. The molecule has 0 saturated heterocycles. The van der Waals surface area contributed by atoms with Crippen LogP contribution in [0, 0.1) is 0 Å². The minimum Gasteiger partial charge on any atom is -0.361 e. The van der Waals surface area contributed by atoms with E-state index in [9.17, 15) is 0 Å². The Morgan fingerprint density at radius 1 is 0.294 bits per heavy atom. The van der Waals surface area contributed by atoms with Gasteiger partial charge in [0.05, 0.1) is 50.3 Å². The third-order valence-electron chi connectivity index (χ3n) is 16.2. The van der Waals surface area contributed by atoms with E-state index < -0.39 is 0 Å². The van der Waals surface area contributed by atoms with E-state index in [2.05, 4.69) is 342 Å². The first-order chi connectivity index (χ1) is 42.1. The first-order valence-corrected chi connectivity index (χ1v) is 30.9. The van der Waals surface area contributed by atoms with Gasteiger partial charge in [-0.15, -0.1) is 0 Å². The maximum absolute atomic E-state index is 3.58. The lowest BCUT2D eigenvalue weighted by Gasteiger charge is -2.33. The molecule has 0 spiro atoms. The molecular weight excluding hydrogens is 1140 g/mol. The molecule has 18 rings (SSSR count). The number of para-hydroxylation sites is 8. The minimum absolute atomic E-state index is 1.09. The number of aromatic nitrogens is 4. The van der Waals surface area contributed by atoms with Crippen molar-refractivity contribution in [3.63, 3.8) is 0 Å². The predicted octanol–water partition coefficient (Wildman–Crippen LogP) is 22.3. The van der Waals surface area contributed by atoms with E-state index in [1.807, 2.05) is 29.7 Å². The number of hydrogen-bond donors (Lipinski definition) is 1. The molecule has 0 amide bonds. The van der Waals surface area contributed by atoms with E-state index >= 15 is 0 Å². The van der Waals surface area contributed by atoms with Crippen LogP contribution < -0.4 is 9.80 Å². The van der Waals surface area contributed by atoms with Crippen LogP contribution in [-0.4, -0.2) is 18.7 Å². The molecule has 2 aliphatic heterocycles. The summed E-state index contributed by atoms with van der Waals surface area (Å²) in [6.07, 6.45) is 4.22. The van der Waals surface area contributed by atoms with Gasteiger partial charge in [-0.3, -0.25) is 0 Å². The Balaban J connectivity index is 0.000000115. The predicted molar refractivity (Wildman–Crippen MR) is 362 cm³/mol. The summed E-state index contributed by atoms with van der Waals surface area (Å²) in [6.45, 7) is 0. The zero-order chi connectivity index (χ0) is 56.4. The lowest BCUT2D eigenvalue weighted by molar-refractivity contribution is 1.11. The summed E-state index contributed by atoms with van der Waals surface area (Å²) in [4.78, 5) is 13.1. The summed E-state index contributed by atoms with van der Waals surface area (Å²) >= 11 is 7.25. The SMILES string of the molecule is Brc1cccc(N2c3ccccc3Sc3ccccc32)c1.c1ccc(-n2c3ccccc3c3ccc4[nH]ccc4c32)cc1.c1ccc(-n2c3ccccc3c3ccc4c(ccn4-c4cccc(N5c6ccccc6Sc6ccccc65)c4)c32)cc1. The molecule has 0 radical (unpaired) electrons. The highest BCUT2D eigenvalue weighted by atomic mass is 79.9. The van der Waals surface area contributed by atoms with E-state index in [1.165, 1.54) is 125 Å². The van der Waals surface area contributed by atoms with E-state index in [1.54, 1.807) is 0 Å². The van der Waals surface area contributed by atoms with Crippen LogP contribution in [0.25, 0.3) is 82.5 Å². The molecule has 0 unspecified atom stereocenters. The largest absolute Gasteiger partial charge is 0.361 e. The van der Waals surface area contributed by atoms with Gasteiger partial charge in [0.2, 0.25) is 0 Å². The smallest absolute Gasteiger partial charge is 0.0635 e. The average molecular weight is 1190 g/mol. The van der Waals surface area contributed by atoms with Crippen molar-refractivity contribution in [3.05, 3.63) is 308 Å². The zero-order valence-electron chi connectivity index (χ0n) is 45.8. The van der Waals surface area contributed by atoms with Crippen molar-refractivity contribution in [1.29, 1.82) is 0 Å². The number of nitrogens with one attached hydrogen (secondary N) is 1. The summed E-state index contributed by atoms with van der Waals surface area (Å²) in [5.41, 5.74) is 18.1. The second-order valence-corrected chi connectivity index (χ2v) is 24.2. The van der Waals surface area contributed by atoms with Crippen molar-refractivity contribution in [1.82, 2.24) is 18.7 Å². The van der Waals surface area contributed by atoms with Gasteiger partial charge in [-0.05, 0) is 146 Å². The summed E-state index contributed by atoms with van der Waals surface area (Å²) < 4.78 is 8.18. The van der Waals surface area contributed by atoms with Crippen LogP contribution in [0.3, 0.4) is 0 Å². The Hall–Kier alpha value is -9.90. The fraction of sp³-hybridized carbons (Fsp3) is 0. The Morgan fingerprint density at radius 2 is 0.729 bits per heavy atom. The van der Waals surface area contributed by atoms with Gasteiger partial charge in [0, 0.05) is 103 Å². The third-order valence-corrected chi connectivity index (χ3v) is 18.9. The molecule has 0 aliphatic carbocycles. The topological polar surface area (TPSA) is 37.1 Å². The van der Waals surface area contributed by atoms with Gasteiger partial charge in [0.25, 0.3) is 0 Å². The lowest BCUT2D eigenvalue weighted by atomic mass is 10.1. The van der Waals surface area contributed by atoms with Crippen molar-refractivity contribution in [2.75, 3.05) is 9.80 Å². The van der Waals surface area contributed by atoms with Crippen LogP contribution in [0.1, 0.15) is 0 Å². The summed E-state index contributed by atoms with van der Waals surface area (Å²) in [5.74, 6) is 0. The number of rotatable bonds is 5. The van der Waals surface area contributed by atoms with E-state index in [0.717, 1.165) is 15.8 Å². The quantitative estimate of drug-likeness (QED) is 0.186. The van der Waals surface area contributed by atoms with Crippen molar-refractivity contribution in [3.8, 4) is 17.1 Å². The Kier molecular flexibility index (Phi) is 12.8. The van der Waals surface area contributed by atoms with Crippen LogP contribution in [0.5, 0.6) is 0 Å². The zero-order valence-corrected chi connectivity index (χ0v) is 49.0. The first-order valence-electron chi connectivity index (χ1n) is 28.4. The van der Waals surface area contributed by atoms with Gasteiger partial charge < -0.3 is 28.5 Å². The number of fused-ring (bicyclic) bond motifs is 14. The molecule has 85 heavy (non-hydrogen) atoms. The number of nitrogens with zero attached hydrogens (tertiary/aromatic N) is 5. The third kappa shape index (κ3) is 8.81. The van der Waals surface area contributed by atoms with E-state index in [0.29, 0.717) is 0 Å². The van der Waals surface area contributed by atoms with E-state index in [-0.39, 0.29) is 0 Å². The van der Waals surface area contributed by atoms with Crippen LogP contribution in [0.4, 0.5) is 34.1 Å². The summed E-state index contributed by atoms with van der Waals surface area (Å²) in [5, 5.41) is 7.64. The van der Waals surface area contributed by atoms with Gasteiger partial charge in [0.1, 0.15) is 0 Å². The monoisotopic (exact) mass is 1190 g/mol.